The zero-order valence-corrected chi connectivity index (χ0v) is 10.2. The van der Waals surface area contributed by atoms with Gasteiger partial charge in [0.2, 0.25) is 0 Å². The average molecular weight is 203 g/mol. The molecule has 0 heterocycles. The first-order valence-electron chi connectivity index (χ1n) is 5.82. The van der Waals surface area contributed by atoms with Crippen LogP contribution in [0.5, 0.6) is 0 Å². The van der Waals surface area contributed by atoms with Gasteiger partial charge in [-0.2, -0.15) is 0 Å². The summed E-state index contributed by atoms with van der Waals surface area (Å²) in [5.74, 6) is 0. The van der Waals surface area contributed by atoms with Gasteiger partial charge in [-0.3, -0.25) is 0 Å². The van der Waals surface area contributed by atoms with Gasteiger partial charge in [0.25, 0.3) is 0 Å². The van der Waals surface area contributed by atoms with E-state index in [2.05, 4.69) is 51.3 Å². The van der Waals surface area contributed by atoms with Crippen molar-refractivity contribution in [2.75, 3.05) is 7.05 Å². The summed E-state index contributed by atoms with van der Waals surface area (Å²) in [5, 5.41) is 3.49. The zero-order chi connectivity index (χ0) is 11.1. The second kappa shape index (κ2) is 3.64. The molecule has 1 heteroatoms. The molecule has 0 aromatic heterocycles. The Labute approximate surface area is 92.9 Å². The van der Waals surface area contributed by atoms with E-state index in [4.69, 9.17) is 0 Å². The van der Waals surface area contributed by atoms with Crippen molar-refractivity contribution in [3.63, 3.8) is 0 Å². The van der Waals surface area contributed by atoms with Gasteiger partial charge in [0.1, 0.15) is 0 Å². The summed E-state index contributed by atoms with van der Waals surface area (Å²) in [6.45, 7) is 6.82. The molecule has 0 bridgehead atoms. The minimum Gasteiger partial charge on any atom is -0.313 e. The summed E-state index contributed by atoms with van der Waals surface area (Å²) in [7, 11) is 2.08. The molecule has 2 rings (SSSR count). The normalized spacial score (nSPS) is 20.0. The molecule has 1 aromatic carbocycles. The van der Waals surface area contributed by atoms with Crippen LogP contribution in [0.4, 0.5) is 0 Å². The molecule has 1 fully saturated rings. The van der Waals surface area contributed by atoms with Crippen LogP contribution < -0.4 is 5.32 Å². The summed E-state index contributed by atoms with van der Waals surface area (Å²) >= 11 is 0. The van der Waals surface area contributed by atoms with Crippen LogP contribution in [0.3, 0.4) is 0 Å². The van der Waals surface area contributed by atoms with Crippen molar-refractivity contribution in [3.8, 4) is 0 Å². The van der Waals surface area contributed by atoms with Gasteiger partial charge in [0.05, 0.1) is 0 Å². The van der Waals surface area contributed by atoms with Crippen molar-refractivity contribution in [3.05, 3.63) is 34.9 Å². The van der Waals surface area contributed by atoms with Crippen LogP contribution >= 0.6 is 0 Å². The number of benzene rings is 1. The summed E-state index contributed by atoms with van der Waals surface area (Å²) < 4.78 is 0. The predicted octanol–water partition coefficient (Wildman–Crippen LogP) is 3.36. The number of hydrogen-bond acceptors (Lipinski definition) is 1. The van der Waals surface area contributed by atoms with Gasteiger partial charge in [-0.25, -0.2) is 0 Å². The quantitative estimate of drug-likeness (QED) is 0.794. The van der Waals surface area contributed by atoms with E-state index < -0.39 is 0 Å². The first-order chi connectivity index (χ1) is 7.08. The van der Waals surface area contributed by atoms with E-state index in [9.17, 15) is 0 Å². The lowest BCUT2D eigenvalue weighted by Crippen LogP contribution is -2.25. The molecule has 1 saturated carbocycles. The second-order valence-corrected chi connectivity index (χ2v) is 5.16. The molecule has 1 aliphatic rings. The molecule has 1 nitrogen and oxygen atoms in total. The van der Waals surface area contributed by atoms with Crippen LogP contribution in [-0.2, 0) is 0 Å². The maximum Gasteiger partial charge on any atom is 0.0374 e. The summed E-state index contributed by atoms with van der Waals surface area (Å²) in [6.07, 6.45) is 2.71. The van der Waals surface area contributed by atoms with E-state index in [0.29, 0.717) is 11.5 Å². The lowest BCUT2D eigenvalue weighted by Gasteiger charge is -2.25. The SMILES string of the molecule is CNC(c1cccc(C)c1C)C1(C)CC1. The monoisotopic (exact) mass is 203 g/mol. The second-order valence-electron chi connectivity index (χ2n) is 5.16. The van der Waals surface area contributed by atoms with E-state index in [1.165, 1.54) is 29.5 Å². The minimum absolute atomic E-state index is 0.493. The van der Waals surface area contributed by atoms with Crippen LogP contribution in [0.15, 0.2) is 18.2 Å². The molecule has 1 aliphatic carbocycles. The van der Waals surface area contributed by atoms with Crippen molar-refractivity contribution < 1.29 is 0 Å². The van der Waals surface area contributed by atoms with Crippen molar-refractivity contribution >= 4 is 0 Å². The summed E-state index contributed by atoms with van der Waals surface area (Å²) in [6, 6.07) is 7.17. The van der Waals surface area contributed by atoms with Gasteiger partial charge < -0.3 is 5.32 Å². The first-order valence-corrected chi connectivity index (χ1v) is 5.82. The lowest BCUT2D eigenvalue weighted by atomic mass is 9.88. The van der Waals surface area contributed by atoms with Gasteiger partial charge in [-0.1, -0.05) is 25.1 Å². The fourth-order valence-electron chi connectivity index (χ4n) is 2.45. The largest absolute Gasteiger partial charge is 0.313 e. The fourth-order valence-corrected chi connectivity index (χ4v) is 2.45. The smallest absolute Gasteiger partial charge is 0.0374 e. The van der Waals surface area contributed by atoms with E-state index in [-0.39, 0.29) is 0 Å². The molecule has 0 aliphatic heterocycles. The first kappa shape index (κ1) is 10.7. The standard InChI is InChI=1S/C14H21N/c1-10-6-5-7-12(11(10)2)13(15-4)14(3)8-9-14/h5-7,13,15H,8-9H2,1-4H3. The Hall–Kier alpha value is -0.820. The Morgan fingerprint density at radius 1 is 1.27 bits per heavy atom. The van der Waals surface area contributed by atoms with Crippen molar-refractivity contribution in [2.45, 2.75) is 39.7 Å². The summed E-state index contributed by atoms with van der Waals surface area (Å²) in [5.41, 5.74) is 4.83. The molecular formula is C14H21N. The van der Waals surface area contributed by atoms with E-state index >= 15 is 0 Å². The maximum absolute atomic E-state index is 3.49. The molecule has 1 atom stereocenters. The zero-order valence-electron chi connectivity index (χ0n) is 10.2. The third kappa shape index (κ3) is 1.81. The van der Waals surface area contributed by atoms with E-state index in [0.717, 1.165) is 0 Å². The molecular weight excluding hydrogens is 182 g/mol. The molecule has 0 saturated heterocycles. The molecule has 0 spiro atoms. The molecule has 15 heavy (non-hydrogen) atoms. The van der Waals surface area contributed by atoms with Gasteiger partial charge in [-0.05, 0) is 55.8 Å². The van der Waals surface area contributed by atoms with Gasteiger partial charge in [-0.15, -0.1) is 0 Å². The Morgan fingerprint density at radius 2 is 1.93 bits per heavy atom. The van der Waals surface area contributed by atoms with Crippen LogP contribution in [0, 0.1) is 19.3 Å². The average Bonchev–Trinajstić information content (AvgIpc) is 2.93. The Kier molecular flexibility index (Phi) is 2.59. The van der Waals surface area contributed by atoms with Crippen LogP contribution in [0.25, 0.3) is 0 Å². The molecule has 0 amide bonds. The topological polar surface area (TPSA) is 12.0 Å². The number of rotatable bonds is 3. The molecule has 0 radical (unpaired) electrons. The van der Waals surface area contributed by atoms with Crippen molar-refractivity contribution in [1.82, 2.24) is 5.32 Å². The van der Waals surface area contributed by atoms with Gasteiger partial charge in [0.15, 0.2) is 0 Å². The molecule has 82 valence electrons. The van der Waals surface area contributed by atoms with E-state index in [1.54, 1.807) is 0 Å². The number of aryl methyl sites for hydroxylation is 1. The highest BCUT2D eigenvalue weighted by atomic mass is 14.9. The predicted molar refractivity (Wildman–Crippen MR) is 65.1 cm³/mol. The highest BCUT2D eigenvalue weighted by Gasteiger charge is 2.45. The van der Waals surface area contributed by atoms with Gasteiger partial charge >= 0.3 is 0 Å². The van der Waals surface area contributed by atoms with Crippen LogP contribution in [-0.4, -0.2) is 7.05 Å². The summed E-state index contributed by atoms with van der Waals surface area (Å²) in [4.78, 5) is 0. The van der Waals surface area contributed by atoms with Crippen molar-refractivity contribution in [2.24, 2.45) is 5.41 Å². The Morgan fingerprint density at radius 3 is 2.47 bits per heavy atom. The Bertz CT molecular complexity index is 364. The highest BCUT2D eigenvalue weighted by molar-refractivity contribution is 5.37. The van der Waals surface area contributed by atoms with Crippen LogP contribution in [0.1, 0.15) is 42.5 Å². The van der Waals surface area contributed by atoms with E-state index in [1.807, 2.05) is 0 Å². The number of hydrogen-bond donors (Lipinski definition) is 1. The maximum atomic E-state index is 3.49. The third-order valence-electron chi connectivity index (χ3n) is 3.98. The third-order valence-corrected chi connectivity index (χ3v) is 3.98. The molecule has 1 unspecified atom stereocenters. The fraction of sp³-hybridized carbons (Fsp3) is 0.571. The highest BCUT2D eigenvalue weighted by Crippen LogP contribution is 2.54. The molecule has 1 N–H and O–H groups in total. The number of nitrogens with one attached hydrogen (secondary N) is 1. The van der Waals surface area contributed by atoms with Gasteiger partial charge in [0, 0.05) is 6.04 Å². The van der Waals surface area contributed by atoms with Crippen molar-refractivity contribution in [1.29, 1.82) is 0 Å². The van der Waals surface area contributed by atoms with Crippen LogP contribution in [0.2, 0.25) is 0 Å². The Balaban J connectivity index is 2.38. The lowest BCUT2D eigenvalue weighted by molar-refractivity contribution is 0.389. The minimum atomic E-state index is 0.493. The molecule has 1 aromatic rings.